The van der Waals surface area contributed by atoms with Crippen LogP contribution in [0, 0.1) is 23.0 Å². The van der Waals surface area contributed by atoms with E-state index in [-0.39, 0.29) is 17.2 Å². The zero-order valence-electron chi connectivity index (χ0n) is 17.2. The highest BCUT2D eigenvalue weighted by Crippen LogP contribution is 2.27. The average molecular weight is 439 g/mol. The van der Waals surface area contributed by atoms with Gasteiger partial charge in [0.05, 0.1) is 4.92 Å². The van der Waals surface area contributed by atoms with Gasteiger partial charge in [-0.15, -0.1) is 10.2 Å². The normalized spacial score (nSPS) is 11.7. The number of non-ortho nitro benzene ring substituents is 1. The second-order valence-corrected chi connectivity index (χ2v) is 8.25. The second-order valence-electron chi connectivity index (χ2n) is 7.27. The monoisotopic (exact) mass is 439 g/mol. The van der Waals surface area contributed by atoms with E-state index in [1.807, 2.05) is 31.2 Å². The second kappa shape index (κ2) is 9.43. The van der Waals surface area contributed by atoms with Gasteiger partial charge in [-0.3, -0.25) is 25.0 Å². The van der Waals surface area contributed by atoms with Crippen molar-refractivity contribution in [2.24, 2.45) is 5.92 Å². The number of carbonyl (C=O) groups is 2. The molecule has 1 heterocycles. The molecule has 0 aliphatic rings. The Hall–Kier alpha value is -3.66. The number of benzene rings is 2. The Morgan fingerprint density at radius 3 is 2.42 bits per heavy atom. The Bertz CT molecular complexity index is 1110. The molecule has 0 aliphatic heterocycles. The minimum absolute atomic E-state index is 0.115. The van der Waals surface area contributed by atoms with E-state index in [9.17, 15) is 19.7 Å². The lowest BCUT2D eigenvalue weighted by Gasteiger charge is -2.21. The standard InChI is InChI=1S/C21H21N5O4S/c1-12(2)17(22-18(27)14-7-9-16(10-8-14)26(29)30)19(28)23-21-25-24-20(31-21)15-6-4-5-13(3)11-15/h4-12,17H,1-3H3,(H,22,27)(H,23,25,28). The number of aromatic nitrogens is 2. The van der Waals surface area contributed by atoms with Crippen LogP contribution in [-0.2, 0) is 4.79 Å². The van der Waals surface area contributed by atoms with Crippen molar-refractivity contribution in [3.63, 3.8) is 0 Å². The van der Waals surface area contributed by atoms with Crippen molar-refractivity contribution < 1.29 is 14.5 Å². The van der Waals surface area contributed by atoms with E-state index in [4.69, 9.17) is 0 Å². The molecular weight excluding hydrogens is 418 g/mol. The van der Waals surface area contributed by atoms with Crippen LogP contribution in [0.4, 0.5) is 10.8 Å². The molecule has 0 bridgehead atoms. The van der Waals surface area contributed by atoms with Gasteiger partial charge in [0.15, 0.2) is 0 Å². The minimum atomic E-state index is -0.825. The third-order valence-corrected chi connectivity index (χ3v) is 5.38. The fourth-order valence-electron chi connectivity index (χ4n) is 2.85. The predicted octanol–water partition coefficient (Wildman–Crippen LogP) is 3.81. The summed E-state index contributed by atoms with van der Waals surface area (Å²) in [5.41, 5.74) is 2.11. The highest BCUT2D eigenvalue weighted by atomic mass is 32.1. The summed E-state index contributed by atoms with van der Waals surface area (Å²) in [4.78, 5) is 35.5. The maximum absolute atomic E-state index is 12.8. The van der Waals surface area contributed by atoms with Crippen LogP contribution < -0.4 is 10.6 Å². The first-order valence-electron chi connectivity index (χ1n) is 9.51. The number of hydrogen-bond acceptors (Lipinski definition) is 7. The van der Waals surface area contributed by atoms with E-state index in [1.54, 1.807) is 13.8 Å². The number of amides is 2. The molecule has 2 aromatic carbocycles. The Kier molecular flexibility index (Phi) is 6.71. The van der Waals surface area contributed by atoms with Gasteiger partial charge in [-0.05, 0) is 31.0 Å². The number of aryl methyl sites for hydroxylation is 1. The maximum atomic E-state index is 12.8. The number of rotatable bonds is 7. The quantitative estimate of drug-likeness (QED) is 0.426. The summed E-state index contributed by atoms with van der Waals surface area (Å²) in [5, 5.41) is 25.3. The lowest BCUT2D eigenvalue weighted by molar-refractivity contribution is -0.384. The van der Waals surface area contributed by atoms with Gasteiger partial charge in [-0.2, -0.15) is 0 Å². The van der Waals surface area contributed by atoms with Crippen LogP contribution in [0.3, 0.4) is 0 Å². The number of nitro benzene ring substituents is 1. The zero-order valence-corrected chi connectivity index (χ0v) is 18.0. The van der Waals surface area contributed by atoms with Crippen LogP contribution in [0.2, 0.25) is 0 Å². The van der Waals surface area contributed by atoms with E-state index < -0.39 is 22.8 Å². The van der Waals surface area contributed by atoms with Gasteiger partial charge in [0.2, 0.25) is 11.0 Å². The lowest BCUT2D eigenvalue weighted by Crippen LogP contribution is -2.47. The van der Waals surface area contributed by atoms with Gasteiger partial charge in [0.1, 0.15) is 11.0 Å². The van der Waals surface area contributed by atoms with Crippen molar-refractivity contribution in [1.82, 2.24) is 15.5 Å². The Labute approximate surface area is 182 Å². The molecule has 9 nitrogen and oxygen atoms in total. The molecule has 3 rings (SSSR count). The lowest BCUT2D eigenvalue weighted by atomic mass is 10.0. The Morgan fingerprint density at radius 2 is 1.81 bits per heavy atom. The van der Waals surface area contributed by atoms with Crippen molar-refractivity contribution in [3.8, 4) is 10.6 Å². The summed E-state index contributed by atoms with van der Waals surface area (Å²) in [6.45, 7) is 5.59. The third kappa shape index (κ3) is 5.48. The molecule has 2 amide bonds. The third-order valence-electron chi connectivity index (χ3n) is 4.50. The fourth-order valence-corrected chi connectivity index (χ4v) is 3.59. The molecule has 1 atom stereocenters. The largest absolute Gasteiger partial charge is 0.340 e. The summed E-state index contributed by atoms with van der Waals surface area (Å²) >= 11 is 1.24. The molecule has 160 valence electrons. The molecule has 31 heavy (non-hydrogen) atoms. The summed E-state index contributed by atoms with van der Waals surface area (Å²) in [7, 11) is 0. The van der Waals surface area contributed by atoms with Crippen molar-refractivity contribution >= 4 is 34.0 Å². The van der Waals surface area contributed by atoms with Crippen LogP contribution in [0.5, 0.6) is 0 Å². The summed E-state index contributed by atoms with van der Waals surface area (Å²) in [6, 6.07) is 12.2. The molecule has 0 fully saturated rings. The molecule has 0 saturated carbocycles. The molecule has 3 aromatic rings. The molecule has 10 heteroatoms. The van der Waals surface area contributed by atoms with Gasteiger partial charge in [-0.25, -0.2) is 0 Å². The minimum Gasteiger partial charge on any atom is -0.340 e. The van der Waals surface area contributed by atoms with Crippen molar-refractivity contribution in [3.05, 3.63) is 69.8 Å². The van der Waals surface area contributed by atoms with E-state index in [0.29, 0.717) is 10.1 Å². The molecule has 0 saturated heterocycles. The van der Waals surface area contributed by atoms with Gasteiger partial charge in [0.25, 0.3) is 11.6 Å². The zero-order chi connectivity index (χ0) is 22.5. The van der Waals surface area contributed by atoms with Crippen LogP contribution in [0.25, 0.3) is 10.6 Å². The van der Waals surface area contributed by atoms with Gasteiger partial charge < -0.3 is 5.32 Å². The predicted molar refractivity (Wildman–Crippen MR) is 118 cm³/mol. The molecule has 1 aromatic heterocycles. The topological polar surface area (TPSA) is 127 Å². The summed E-state index contributed by atoms with van der Waals surface area (Å²) < 4.78 is 0. The number of nitrogens with one attached hydrogen (secondary N) is 2. The van der Waals surface area contributed by atoms with Crippen molar-refractivity contribution in [1.29, 1.82) is 0 Å². The molecule has 0 aliphatic carbocycles. The van der Waals surface area contributed by atoms with Crippen LogP contribution >= 0.6 is 11.3 Å². The molecule has 0 radical (unpaired) electrons. The molecule has 2 N–H and O–H groups in total. The fraction of sp³-hybridized carbons (Fsp3) is 0.238. The van der Waals surface area contributed by atoms with Gasteiger partial charge >= 0.3 is 0 Å². The van der Waals surface area contributed by atoms with E-state index in [2.05, 4.69) is 20.8 Å². The van der Waals surface area contributed by atoms with E-state index >= 15 is 0 Å². The van der Waals surface area contributed by atoms with Crippen LogP contribution in [0.1, 0.15) is 29.8 Å². The summed E-state index contributed by atoms with van der Waals surface area (Å²) in [6.07, 6.45) is 0. The number of nitro groups is 1. The smallest absolute Gasteiger partial charge is 0.269 e. The first-order valence-corrected chi connectivity index (χ1v) is 10.3. The first kappa shape index (κ1) is 22.0. The SMILES string of the molecule is Cc1cccc(-c2nnc(NC(=O)C(NC(=O)c3ccc([N+](=O)[O-])cc3)C(C)C)s2)c1. The van der Waals surface area contributed by atoms with E-state index in [1.165, 1.54) is 35.6 Å². The molecular formula is C21H21N5O4S. The molecule has 0 spiro atoms. The van der Waals surface area contributed by atoms with Gasteiger partial charge in [0, 0.05) is 23.3 Å². The Morgan fingerprint density at radius 1 is 1.10 bits per heavy atom. The maximum Gasteiger partial charge on any atom is 0.269 e. The van der Waals surface area contributed by atoms with Crippen LogP contribution in [0.15, 0.2) is 48.5 Å². The highest BCUT2D eigenvalue weighted by Gasteiger charge is 2.26. The summed E-state index contributed by atoms with van der Waals surface area (Å²) in [5.74, 6) is -1.12. The van der Waals surface area contributed by atoms with E-state index in [0.717, 1.165) is 11.1 Å². The van der Waals surface area contributed by atoms with Gasteiger partial charge in [-0.1, -0.05) is 48.9 Å². The average Bonchev–Trinajstić information content (AvgIpc) is 3.20. The number of nitrogens with zero attached hydrogens (tertiary/aromatic N) is 3. The van der Waals surface area contributed by atoms with Crippen LogP contribution in [-0.4, -0.2) is 33.0 Å². The highest BCUT2D eigenvalue weighted by molar-refractivity contribution is 7.18. The Balaban J connectivity index is 1.69. The first-order chi connectivity index (χ1) is 14.7. The van der Waals surface area contributed by atoms with Crippen molar-refractivity contribution in [2.75, 3.05) is 5.32 Å². The number of anilines is 1. The van der Waals surface area contributed by atoms with Crippen molar-refractivity contribution in [2.45, 2.75) is 26.8 Å². The molecule has 1 unspecified atom stereocenters. The number of hydrogen-bond donors (Lipinski definition) is 2. The number of carbonyl (C=O) groups excluding carboxylic acids is 2.